The summed E-state index contributed by atoms with van der Waals surface area (Å²) in [5.41, 5.74) is 0.351. The summed E-state index contributed by atoms with van der Waals surface area (Å²) in [7, 11) is 0. The second kappa shape index (κ2) is 6.38. The zero-order chi connectivity index (χ0) is 13.0. The van der Waals surface area contributed by atoms with Gasteiger partial charge in [-0.2, -0.15) is 0 Å². The van der Waals surface area contributed by atoms with Crippen molar-refractivity contribution in [1.82, 2.24) is 4.57 Å². The van der Waals surface area contributed by atoms with E-state index in [1.54, 1.807) is 6.07 Å². The molecule has 1 heterocycles. The molecule has 1 aliphatic carbocycles. The summed E-state index contributed by atoms with van der Waals surface area (Å²) < 4.78 is 2.83. The van der Waals surface area contributed by atoms with Crippen molar-refractivity contribution in [3.63, 3.8) is 0 Å². The van der Waals surface area contributed by atoms with Crippen LogP contribution in [0.2, 0.25) is 0 Å². The van der Waals surface area contributed by atoms with Crippen molar-refractivity contribution in [2.75, 3.05) is 5.33 Å². The van der Waals surface area contributed by atoms with Gasteiger partial charge in [-0.05, 0) is 40.3 Å². The normalized spacial score (nSPS) is 19.4. The summed E-state index contributed by atoms with van der Waals surface area (Å²) >= 11 is 7.12. The SMILES string of the molecule is O=c1ccc(Br)cn1CC1(CBr)CCCCCC1. The summed E-state index contributed by atoms with van der Waals surface area (Å²) in [5, 5.41) is 0.985. The lowest BCUT2D eigenvalue weighted by Crippen LogP contribution is -2.33. The van der Waals surface area contributed by atoms with Gasteiger partial charge in [0.2, 0.25) is 0 Å². The van der Waals surface area contributed by atoms with E-state index in [2.05, 4.69) is 31.9 Å². The maximum atomic E-state index is 11.9. The molecule has 1 aromatic rings. The van der Waals surface area contributed by atoms with Crippen molar-refractivity contribution >= 4 is 31.9 Å². The van der Waals surface area contributed by atoms with Crippen LogP contribution >= 0.6 is 31.9 Å². The van der Waals surface area contributed by atoms with E-state index in [-0.39, 0.29) is 11.0 Å². The monoisotopic (exact) mass is 375 g/mol. The highest BCUT2D eigenvalue weighted by atomic mass is 79.9. The van der Waals surface area contributed by atoms with Gasteiger partial charge in [-0.3, -0.25) is 4.79 Å². The molecule has 0 atom stereocenters. The molecule has 1 aromatic heterocycles. The first-order valence-electron chi connectivity index (χ1n) is 6.57. The second-order valence-corrected chi connectivity index (χ2v) is 6.84. The lowest BCUT2D eigenvalue weighted by atomic mass is 9.82. The zero-order valence-electron chi connectivity index (χ0n) is 10.5. The number of rotatable bonds is 3. The molecule has 2 nitrogen and oxygen atoms in total. The number of aromatic nitrogens is 1. The highest BCUT2D eigenvalue weighted by molar-refractivity contribution is 9.10. The van der Waals surface area contributed by atoms with Gasteiger partial charge in [0.25, 0.3) is 5.56 Å². The number of halogens is 2. The smallest absolute Gasteiger partial charge is 0.250 e. The maximum Gasteiger partial charge on any atom is 0.250 e. The maximum absolute atomic E-state index is 11.9. The van der Waals surface area contributed by atoms with Crippen LogP contribution < -0.4 is 5.56 Å². The molecule has 1 saturated carbocycles. The zero-order valence-corrected chi connectivity index (χ0v) is 13.7. The summed E-state index contributed by atoms with van der Waals surface area (Å²) in [6, 6.07) is 3.45. The van der Waals surface area contributed by atoms with E-state index >= 15 is 0 Å². The molecular formula is C14H19Br2NO. The van der Waals surface area contributed by atoms with Crippen LogP contribution in [0.3, 0.4) is 0 Å². The van der Waals surface area contributed by atoms with Crippen molar-refractivity contribution in [1.29, 1.82) is 0 Å². The number of alkyl halides is 1. The lowest BCUT2D eigenvalue weighted by Gasteiger charge is -2.31. The Balaban J connectivity index is 2.23. The Hall–Kier alpha value is -0.0900. The van der Waals surface area contributed by atoms with E-state index in [1.165, 1.54) is 38.5 Å². The van der Waals surface area contributed by atoms with Gasteiger partial charge in [-0.25, -0.2) is 0 Å². The van der Waals surface area contributed by atoms with Gasteiger partial charge in [0.1, 0.15) is 0 Å². The summed E-state index contributed by atoms with van der Waals surface area (Å²) in [6.45, 7) is 0.830. The number of nitrogens with zero attached hydrogens (tertiary/aromatic N) is 1. The molecule has 0 spiro atoms. The molecule has 100 valence electrons. The average Bonchev–Trinajstić information content (AvgIpc) is 2.60. The van der Waals surface area contributed by atoms with E-state index in [9.17, 15) is 4.79 Å². The van der Waals surface area contributed by atoms with Gasteiger partial charge >= 0.3 is 0 Å². The molecule has 1 aliphatic rings. The molecule has 0 unspecified atom stereocenters. The predicted octanol–water partition coefficient (Wildman–Crippen LogP) is 4.35. The van der Waals surface area contributed by atoms with Crippen LogP contribution in [0, 0.1) is 5.41 Å². The van der Waals surface area contributed by atoms with Crippen LogP contribution in [0.25, 0.3) is 0 Å². The number of pyridine rings is 1. The fourth-order valence-corrected chi connectivity index (χ4v) is 3.92. The van der Waals surface area contributed by atoms with Crippen LogP contribution in [-0.4, -0.2) is 9.90 Å². The third-order valence-corrected chi connectivity index (χ3v) is 5.56. The first kappa shape index (κ1) is 14.3. The van der Waals surface area contributed by atoms with E-state index < -0.39 is 0 Å². The Morgan fingerprint density at radius 3 is 2.44 bits per heavy atom. The van der Waals surface area contributed by atoms with Crippen molar-refractivity contribution in [2.45, 2.75) is 45.1 Å². The standard InChI is InChI=1S/C14H19Br2NO/c15-10-14(7-3-1-2-4-8-14)11-17-9-12(16)5-6-13(17)18/h5-6,9H,1-4,7-8,10-11H2. The number of hydrogen-bond acceptors (Lipinski definition) is 1. The molecule has 0 N–H and O–H groups in total. The van der Waals surface area contributed by atoms with Crippen molar-refractivity contribution < 1.29 is 0 Å². The molecule has 4 heteroatoms. The van der Waals surface area contributed by atoms with Crippen LogP contribution in [0.5, 0.6) is 0 Å². The Morgan fingerprint density at radius 1 is 1.17 bits per heavy atom. The molecule has 1 fully saturated rings. The van der Waals surface area contributed by atoms with Gasteiger partial charge in [0, 0.05) is 28.6 Å². The van der Waals surface area contributed by atoms with Crippen LogP contribution in [0.4, 0.5) is 0 Å². The van der Waals surface area contributed by atoms with Crippen molar-refractivity contribution in [3.8, 4) is 0 Å². The summed E-state index contributed by atoms with van der Waals surface area (Å²) in [5.74, 6) is 0. The second-order valence-electron chi connectivity index (χ2n) is 5.36. The fraction of sp³-hybridized carbons (Fsp3) is 0.643. The third kappa shape index (κ3) is 3.47. The molecule has 2 rings (SSSR count). The largest absolute Gasteiger partial charge is 0.314 e. The van der Waals surface area contributed by atoms with Gasteiger partial charge in [-0.1, -0.05) is 41.6 Å². The fourth-order valence-electron chi connectivity index (χ4n) is 2.80. The van der Waals surface area contributed by atoms with Gasteiger partial charge in [-0.15, -0.1) is 0 Å². The highest BCUT2D eigenvalue weighted by Crippen LogP contribution is 2.38. The molecule has 0 saturated heterocycles. The van der Waals surface area contributed by atoms with Gasteiger partial charge in [0.05, 0.1) is 0 Å². The molecule has 0 aliphatic heterocycles. The molecule has 0 radical (unpaired) electrons. The van der Waals surface area contributed by atoms with E-state index in [1.807, 2.05) is 16.8 Å². The molecule has 0 amide bonds. The van der Waals surface area contributed by atoms with E-state index in [0.717, 1.165) is 16.3 Å². The Labute approximate surface area is 125 Å². The van der Waals surface area contributed by atoms with Crippen LogP contribution in [-0.2, 0) is 6.54 Å². The van der Waals surface area contributed by atoms with Crippen molar-refractivity contribution in [2.24, 2.45) is 5.41 Å². The first-order chi connectivity index (χ1) is 8.65. The van der Waals surface area contributed by atoms with E-state index in [0.29, 0.717) is 0 Å². The van der Waals surface area contributed by atoms with Crippen molar-refractivity contribution in [3.05, 3.63) is 33.2 Å². The first-order valence-corrected chi connectivity index (χ1v) is 8.49. The predicted molar refractivity (Wildman–Crippen MR) is 82.3 cm³/mol. The minimum Gasteiger partial charge on any atom is -0.314 e. The Kier molecular flexibility index (Phi) is 5.07. The summed E-state index contributed by atoms with van der Waals surface area (Å²) in [4.78, 5) is 11.9. The summed E-state index contributed by atoms with van der Waals surface area (Å²) in [6.07, 6.45) is 9.60. The Bertz CT molecular complexity index is 447. The quantitative estimate of drug-likeness (QED) is 0.567. The highest BCUT2D eigenvalue weighted by Gasteiger charge is 2.30. The molecule has 18 heavy (non-hydrogen) atoms. The minimum atomic E-state index is 0.0998. The number of hydrogen-bond donors (Lipinski definition) is 0. The molecular weight excluding hydrogens is 358 g/mol. The van der Waals surface area contributed by atoms with E-state index in [4.69, 9.17) is 0 Å². The topological polar surface area (TPSA) is 22.0 Å². The molecule has 0 bridgehead atoms. The van der Waals surface area contributed by atoms with Gasteiger partial charge < -0.3 is 4.57 Å². The average molecular weight is 377 g/mol. The third-order valence-electron chi connectivity index (χ3n) is 3.90. The van der Waals surface area contributed by atoms with Crippen LogP contribution in [0.1, 0.15) is 38.5 Å². The minimum absolute atomic E-state index is 0.0998. The molecule has 0 aromatic carbocycles. The van der Waals surface area contributed by atoms with Gasteiger partial charge in [0.15, 0.2) is 0 Å². The lowest BCUT2D eigenvalue weighted by molar-refractivity contribution is 0.239. The van der Waals surface area contributed by atoms with Crippen LogP contribution in [0.15, 0.2) is 27.6 Å². The Morgan fingerprint density at radius 2 is 1.83 bits per heavy atom.